The molecule has 1 amide bonds. The van der Waals surface area contributed by atoms with E-state index < -0.39 is 0 Å². The highest BCUT2D eigenvalue weighted by Gasteiger charge is 2.12. The van der Waals surface area contributed by atoms with Crippen molar-refractivity contribution in [3.63, 3.8) is 0 Å². The van der Waals surface area contributed by atoms with Gasteiger partial charge in [0.15, 0.2) is 0 Å². The summed E-state index contributed by atoms with van der Waals surface area (Å²) >= 11 is 0. The maximum absolute atomic E-state index is 11.1. The van der Waals surface area contributed by atoms with E-state index in [1.807, 2.05) is 37.3 Å². The van der Waals surface area contributed by atoms with Crippen LogP contribution in [0.25, 0.3) is 0 Å². The van der Waals surface area contributed by atoms with Crippen molar-refractivity contribution in [3.8, 4) is 0 Å². The van der Waals surface area contributed by atoms with Crippen molar-refractivity contribution >= 4 is 5.91 Å². The molecule has 1 aromatic carbocycles. The van der Waals surface area contributed by atoms with Gasteiger partial charge in [-0.25, -0.2) is 5.84 Å². The minimum atomic E-state index is -0.184. The maximum atomic E-state index is 11.1. The minimum absolute atomic E-state index is 0.166. The summed E-state index contributed by atoms with van der Waals surface area (Å²) in [5, 5.41) is 0. The van der Waals surface area contributed by atoms with Crippen LogP contribution in [0.4, 0.5) is 0 Å². The van der Waals surface area contributed by atoms with Crippen molar-refractivity contribution in [2.24, 2.45) is 5.84 Å². The van der Waals surface area contributed by atoms with Gasteiger partial charge < -0.3 is 0 Å². The largest absolute Gasteiger partial charge is 0.294 e. The summed E-state index contributed by atoms with van der Waals surface area (Å²) in [7, 11) is 0. The molecule has 1 atom stereocenters. The number of hydrogen-bond donors (Lipinski definition) is 2. The molecule has 3 N–H and O–H groups in total. The highest BCUT2D eigenvalue weighted by Crippen LogP contribution is 2.13. The summed E-state index contributed by atoms with van der Waals surface area (Å²) in [6, 6.07) is 9.52. The Morgan fingerprint density at radius 3 is 2.50 bits per heavy atom. The van der Waals surface area contributed by atoms with Gasteiger partial charge in [-0.1, -0.05) is 30.3 Å². The second-order valence-corrected chi connectivity index (χ2v) is 2.64. The third-order valence-corrected chi connectivity index (χ3v) is 1.84. The van der Waals surface area contributed by atoms with Crippen molar-refractivity contribution in [2.45, 2.75) is 12.8 Å². The second kappa shape index (κ2) is 3.88. The SMILES string of the molecule is C[C@@H](C(=O)NN)c1ccccc1. The van der Waals surface area contributed by atoms with Crippen molar-refractivity contribution < 1.29 is 4.79 Å². The molecular formula is C9H12N2O. The Bertz CT molecular complexity index is 258. The standard InChI is InChI=1S/C9H12N2O/c1-7(9(12)11-10)8-5-3-2-4-6-8/h2-7H,10H2,1H3,(H,11,12)/t7-/m1/s1. The van der Waals surface area contributed by atoms with E-state index >= 15 is 0 Å². The summed E-state index contributed by atoms with van der Waals surface area (Å²) in [4.78, 5) is 11.1. The number of amides is 1. The van der Waals surface area contributed by atoms with Gasteiger partial charge in [0.1, 0.15) is 0 Å². The molecule has 0 saturated heterocycles. The van der Waals surface area contributed by atoms with Gasteiger partial charge in [0, 0.05) is 0 Å². The molecule has 0 bridgehead atoms. The van der Waals surface area contributed by atoms with Gasteiger partial charge in [-0.3, -0.25) is 10.2 Å². The van der Waals surface area contributed by atoms with Gasteiger partial charge in [0.05, 0.1) is 5.92 Å². The molecule has 0 aliphatic heterocycles. The molecule has 0 aliphatic carbocycles. The van der Waals surface area contributed by atoms with E-state index in [1.165, 1.54) is 0 Å². The summed E-state index contributed by atoms with van der Waals surface area (Å²) in [6.45, 7) is 1.82. The van der Waals surface area contributed by atoms with Crippen molar-refractivity contribution in [1.29, 1.82) is 0 Å². The number of hydrazine groups is 1. The third kappa shape index (κ3) is 1.83. The van der Waals surface area contributed by atoms with E-state index in [2.05, 4.69) is 5.43 Å². The molecule has 0 spiro atoms. The zero-order chi connectivity index (χ0) is 8.97. The van der Waals surface area contributed by atoms with E-state index in [0.29, 0.717) is 0 Å². The topological polar surface area (TPSA) is 55.1 Å². The average Bonchev–Trinajstić information content (AvgIpc) is 2.17. The molecule has 64 valence electrons. The summed E-state index contributed by atoms with van der Waals surface area (Å²) < 4.78 is 0. The molecule has 0 heterocycles. The Kier molecular flexibility index (Phi) is 2.82. The molecule has 0 fully saturated rings. The van der Waals surface area contributed by atoms with Gasteiger partial charge in [0.2, 0.25) is 5.91 Å². The Hall–Kier alpha value is -1.35. The predicted octanol–water partition coefficient (Wildman–Crippen LogP) is 0.780. The predicted molar refractivity (Wildman–Crippen MR) is 47.2 cm³/mol. The lowest BCUT2D eigenvalue weighted by atomic mass is 10.0. The van der Waals surface area contributed by atoms with Crippen LogP contribution in [0.5, 0.6) is 0 Å². The van der Waals surface area contributed by atoms with Gasteiger partial charge in [-0.15, -0.1) is 0 Å². The third-order valence-electron chi connectivity index (χ3n) is 1.84. The van der Waals surface area contributed by atoms with Crippen LogP contribution in [0.15, 0.2) is 30.3 Å². The molecule has 0 radical (unpaired) electrons. The van der Waals surface area contributed by atoms with Crippen LogP contribution in [0.2, 0.25) is 0 Å². The quantitative estimate of drug-likeness (QED) is 0.385. The summed E-state index contributed by atoms with van der Waals surface area (Å²) in [5.41, 5.74) is 3.10. The molecular weight excluding hydrogens is 152 g/mol. The lowest BCUT2D eigenvalue weighted by Crippen LogP contribution is -2.33. The first-order chi connectivity index (χ1) is 5.75. The molecule has 0 saturated carbocycles. The van der Waals surface area contributed by atoms with Crippen LogP contribution >= 0.6 is 0 Å². The fourth-order valence-corrected chi connectivity index (χ4v) is 1.02. The van der Waals surface area contributed by atoms with Crippen molar-refractivity contribution in [1.82, 2.24) is 5.43 Å². The first-order valence-corrected chi connectivity index (χ1v) is 3.81. The van der Waals surface area contributed by atoms with Crippen LogP contribution in [0.3, 0.4) is 0 Å². The molecule has 0 aromatic heterocycles. The fourth-order valence-electron chi connectivity index (χ4n) is 1.02. The number of benzene rings is 1. The molecule has 1 rings (SSSR count). The smallest absolute Gasteiger partial charge is 0.241 e. The van der Waals surface area contributed by atoms with E-state index in [1.54, 1.807) is 0 Å². The monoisotopic (exact) mass is 164 g/mol. The summed E-state index contributed by atoms with van der Waals surface area (Å²) in [6.07, 6.45) is 0. The Labute approximate surface area is 71.5 Å². The van der Waals surface area contributed by atoms with Crippen LogP contribution in [0.1, 0.15) is 18.4 Å². The molecule has 3 nitrogen and oxygen atoms in total. The van der Waals surface area contributed by atoms with E-state index in [0.717, 1.165) is 5.56 Å². The maximum Gasteiger partial charge on any atom is 0.241 e. The first kappa shape index (κ1) is 8.74. The van der Waals surface area contributed by atoms with Gasteiger partial charge in [0.25, 0.3) is 0 Å². The fraction of sp³-hybridized carbons (Fsp3) is 0.222. The average molecular weight is 164 g/mol. The van der Waals surface area contributed by atoms with Crippen LogP contribution in [0, 0.1) is 0 Å². The van der Waals surface area contributed by atoms with Crippen molar-refractivity contribution in [3.05, 3.63) is 35.9 Å². The number of hydrogen-bond acceptors (Lipinski definition) is 2. The van der Waals surface area contributed by atoms with Crippen LogP contribution in [-0.4, -0.2) is 5.91 Å². The second-order valence-electron chi connectivity index (χ2n) is 2.64. The lowest BCUT2D eigenvalue weighted by Gasteiger charge is -2.08. The van der Waals surface area contributed by atoms with E-state index in [9.17, 15) is 4.79 Å². The van der Waals surface area contributed by atoms with Crippen LogP contribution in [-0.2, 0) is 4.79 Å². The highest BCUT2D eigenvalue weighted by atomic mass is 16.2. The van der Waals surface area contributed by atoms with Gasteiger partial charge in [-0.2, -0.15) is 0 Å². The Balaban J connectivity index is 2.78. The van der Waals surface area contributed by atoms with Gasteiger partial charge in [-0.05, 0) is 12.5 Å². The number of rotatable bonds is 2. The highest BCUT2D eigenvalue weighted by molar-refractivity contribution is 5.82. The molecule has 1 aromatic rings. The summed E-state index contributed by atoms with van der Waals surface area (Å²) in [5.74, 6) is 4.66. The lowest BCUT2D eigenvalue weighted by molar-refractivity contribution is -0.122. The number of carbonyl (C=O) groups excluding carboxylic acids is 1. The number of nitrogens with two attached hydrogens (primary N) is 1. The Morgan fingerprint density at radius 1 is 1.42 bits per heavy atom. The molecule has 0 unspecified atom stereocenters. The number of carbonyl (C=O) groups is 1. The normalized spacial score (nSPS) is 12.2. The van der Waals surface area contributed by atoms with E-state index in [-0.39, 0.29) is 11.8 Å². The first-order valence-electron chi connectivity index (χ1n) is 3.81. The molecule has 0 aliphatic rings. The number of nitrogens with one attached hydrogen (secondary N) is 1. The van der Waals surface area contributed by atoms with Crippen molar-refractivity contribution in [2.75, 3.05) is 0 Å². The van der Waals surface area contributed by atoms with Crippen LogP contribution < -0.4 is 11.3 Å². The molecule has 12 heavy (non-hydrogen) atoms. The zero-order valence-electron chi connectivity index (χ0n) is 6.95. The minimum Gasteiger partial charge on any atom is -0.294 e. The van der Waals surface area contributed by atoms with E-state index in [4.69, 9.17) is 5.84 Å². The zero-order valence-corrected chi connectivity index (χ0v) is 6.95. The molecule has 3 heteroatoms. The Morgan fingerprint density at radius 2 is 2.00 bits per heavy atom. The van der Waals surface area contributed by atoms with Gasteiger partial charge >= 0.3 is 0 Å².